The van der Waals surface area contributed by atoms with E-state index in [4.69, 9.17) is 11.0 Å². The van der Waals surface area contributed by atoms with Crippen LogP contribution in [0.1, 0.15) is 19.8 Å². The summed E-state index contributed by atoms with van der Waals surface area (Å²) >= 11 is 0. The third-order valence-corrected chi connectivity index (χ3v) is 2.23. The summed E-state index contributed by atoms with van der Waals surface area (Å²) in [6.07, 6.45) is 1.95. The van der Waals surface area contributed by atoms with Gasteiger partial charge in [0, 0.05) is 19.1 Å². The predicted molar refractivity (Wildman–Crippen MR) is 43.9 cm³/mol. The average molecular weight is 153 g/mol. The van der Waals surface area contributed by atoms with Crippen molar-refractivity contribution in [2.45, 2.75) is 31.8 Å². The first-order chi connectivity index (χ1) is 5.27. The van der Waals surface area contributed by atoms with Crippen molar-refractivity contribution in [2.24, 2.45) is 5.73 Å². The molecule has 0 aromatic heterocycles. The van der Waals surface area contributed by atoms with Crippen LogP contribution in [0.2, 0.25) is 0 Å². The quantitative estimate of drug-likeness (QED) is 0.621. The molecule has 1 fully saturated rings. The van der Waals surface area contributed by atoms with Crippen molar-refractivity contribution in [3.05, 3.63) is 0 Å². The van der Waals surface area contributed by atoms with Gasteiger partial charge in [0.25, 0.3) is 0 Å². The van der Waals surface area contributed by atoms with E-state index in [1.54, 1.807) is 0 Å². The standard InChI is InChI=1S/C8H15N3/c1-2-8(5-9)11-4-3-7(10)6-11/h7-8H,2-4,6,10H2,1H3/t7-,8?/m1/s1. The Bertz CT molecular complexity index is 161. The molecule has 1 rings (SSSR count). The highest BCUT2D eigenvalue weighted by Gasteiger charge is 2.24. The minimum atomic E-state index is 0.0866. The second-order valence-corrected chi connectivity index (χ2v) is 3.10. The SMILES string of the molecule is CCC(C#N)N1CC[C@@H](N)C1. The highest BCUT2D eigenvalue weighted by molar-refractivity contribution is 4.94. The molecule has 0 aromatic rings. The van der Waals surface area contributed by atoms with E-state index in [1.807, 2.05) is 6.92 Å². The van der Waals surface area contributed by atoms with E-state index in [0.29, 0.717) is 0 Å². The predicted octanol–water partition coefficient (Wildman–Crippen LogP) is 0.322. The molecule has 3 heteroatoms. The van der Waals surface area contributed by atoms with Gasteiger partial charge in [0.1, 0.15) is 0 Å². The molecule has 1 aliphatic rings. The summed E-state index contributed by atoms with van der Waals surface area (Å²) in [6.45, 7) is 3.93. The fourth-order valence-electron chi connectivity index (χ4n) is 1.53. The fourth-order valence-corrected chi connectivity index (χ4v) is 1.53. The molecule has 62 valence electrons. The Labute approximate surface area is 67.8 Å². The molecule has 0 bridgehead atoms. The molecule has 0 saturated carbocycles. The molecule has 3 nitrogen and oxygen atoms in total. The van der Waals surface area contributed by atoms with Crippen LogP contribution in [0.25, 0.3) is 0 Å². The maximum absolute atomic E-state index is 8.74. The topological polar surface area (TPSA) is 53.0 Å². The number of hydrogen-bond donors (Lipinski definition) is 1. The van der Waals surface area contributed by atoms with E-state index in [0.717, 1.165) is 25.9 Å². The Morgan fingerprint density at radius 1 is 1.82 bits per heavy atom. The summed E-state index contributed by atoms with van der Waals surface area (Å²) in [5.74, 6) is 0. The molecule has 1 saturated heterocycles. The third-order valence-electron chi connectivity index (χ3n) is 2.23. The van der Waals surface area contributed by atoms with Crippen LogP contribution in [0, 0.1) is 11.3 Å². The lowest BCUT2D eigenvalue weighted by Gasteiger charge is -2.19. The smallest absolute Gasteiger partial charge is 0.0975 e. The average Bonchev–Trinajstić information content (AvgIpc) is 2.39. The first-order valence-corrected chi connectivity index (χ1v) is 4.17. The Kier molecular flexibility index (Phi) is 2.86. The number of nitrogens with zero attached hydrogens (tertiary/aromatic N) is 2. The molecule has 0 aliphatic carbocycles. The van der Waals surface area contributed by atoms with E-state index < -0.39 is 0 Å². The van der Waals surface area contributed by atoms with Crippen molar-refractivity contribution in [1.29, 1.82) is 5.26 Å². The monoisotopic (exact) mass is 153 g/mol. The minimum absolute atomic E-state index is 0.0866. The van der Waals surface area contributed by atoms with E-state index in [9.17, 15) is 0 Å². The molecule has 2 N–H and O–H groups in total. The Balaban J connectivity index is 2.42. The molecule has 0 radical (unpaired) electrons. The normalized spacial score (nSPS) is 28.3. The molecule has 1 heterocycles. The first-order valence-electron chi connectivity index (χ1n) is 4.17. The second kappa shape index (κ2) is 3.70. The molecule has 2 atom stereocenters. The summed E-state index contributed by atoms with van der Waals surface area (Å²) in [4.78, 5) is 2.17. The molecular formula is C8H15N3. The van der Waals surface area contributed by atoms with Gasteiger partial charge in [-0.15, -0.1) is 0 Å². The van der Waals surface area contributed by atoms with Gasteiger partial charge < -0.3 is 5.73 Å². The summed E-state index contributed by atoms with van der Waals surface area (Å²) < 4.78 is 0. The number of nitrogens with two attached hydrogens (primary N) is 1. The molecule has 11 heavy (non-hydrogen) atoms. The first kappa shape index (κ1) is 8.51. The Hall–Kier alpha value is -0.590. The van der Waals surface area contributed by atoms with Crippen LogP contribution in [0.15, 0.2) is 0 Å². The van der Waals surface area contributed by atoms with Gasteiger partial charge in [-0.25, -0.2) is 0 Å². The highest BCUT2D eigenvalue weighted by Crippen LogP contribution is 2.12. The van der Waals surface area contributed by atoms with Gasteiger partial charge in [0.05, 0.1) is 12.1 Å². The van der Waals surface area contributed by atoms with Gasteiger partial charge >= 0.3 is 0 Å². The van der Waals surface area contributed by atoms with E-state index >= 15 is 0 Å². The van der Waals surface area contributed by atoms with Gasteiger partial charge in [0.15, 0.2) is 0 Å². The summed E-state index contributed by atoms with van der Waals surface area (Å²) in [5.41, 5.74) is 5.72. The number of nitriles is 1. The van der Waals surface area contributed by atoms with E-state index in [2.05, 4.69) is 11.0 Å². The fraction of sp³-hybridized carbons (Fsp3) is 0.875. The summed E-state index contributed by atoms with van der Waals surface area (Å²) in [5, 5.41) is 8.74. The van der Waals surface area contributed by atoms with Crippen LogP contribution < -0.4 is 5.73 Å². The zero-order valence-corrected chi connectivity index (χ0v) is 6.95. The largest absolute Gasteiger partial charge is 0.326 e. The van der Waals surface area contributed by atoms with Gasteiger partial charge in [-0.2, -0.15) is 5.26 Å². The van der Waals surface area contributed by atoms with E-state index in [1.165, 1.54) is 0 Å². The van der Waals surface area contributed by atoms with Crippen molar-refractivity contribution in [1.82, 2.24) is 4.90 Å². The van der Waals surface area contributed by atoms with Crippen LogP contribution >= 0.6 is 0 Å². The van der Waals surface area contributed by atoms with Crippen LogP contribution in [-0.2, 0) is 0 Å². The van der Waals surface area contributed by atoms with Crippen LogP contribution in [-0.4, -0.2) is 30.1 Å². The maximum Gasteiger partial charge on any atom is 0.0975 e. The second-order valence-electron chi connectivity index (χ2n) is 3.10. The molecule has 0 amide bonds. The Morgan fingerprint density at radius 2 is 2.55 bits per heavy atom. The molecule has 1 unspecified atom stereocenters. The molecular weight excluding hydrogens is 138 g/mol. The van der Waals surface area contributed by atoms with Crippen molar-refractivity contribution in [3.63, 3.8) is 0 Å². The van der Waals surface area contributed by atoms with Crippen molar-refractivity contribution < 1.29 is 0 Å². The molecule has 0 aromatic carbocycles. The zero-order valence-electron chi connectivity index (χ0n) is 6.95. The zero-order chi connectivity index (χ0) is 8.27. The lowest BCUT2D eigenvalue weighted by atomic mass is 10.2. The van der Waals surface area contributed by atoms with Gasteiger partial charge in [0.2, 0.25) is 0 Å². The minimum Gasteiger partial charge on any atom is -0.326 e. The van der Waals surface area contributed by atoms with Gasteiger partial charge in [-0.05, 0) is 12.8 Å². The van der Waals surface area contributed by atoms with Crippen molar-refractivity contribution in [3.8, 4) is 6.07 Å². The number of hydrogen-bond acceptors (Lipinski definition) is 3. The summed E-state index contributed by atoms with van der Waals surface area (Å²) in [7, 11) is 0. The summed E-state index contributed by atoms with van der Waals surface area (Å²) in [6, 6.07) is 2.66. The molecule has 0 spiro atoms. The highest BCUT2D eigenvalue weighted by atomic mass is 15.2. The van der Waals surface area contributed by atoms with E-state index in [-0.39, 0.29) is 12.1 Å². The van der Waals surface area contributed by atoms with Crippen LogP contribution in [0.5, 0.6) is 0 Å². The number of rotatable bonds is 2. The van der Waals surface area contributed by atoms with Gasteiger partial charge in [-0.3, -0.25) is 4.90 Å². The maximum atomic E-state index is 8.74. The van der Waals surface area contributed by atoms with Gasteiger partial charge in [-0.1, -0.05) is 6.92 Å². The third kappa shape index (κ3) is 1.92. The lowest BCUT2D eigenvalue weighted by molar-refractivity contribution is 0.280. The van der Waals surface area contributed by atoms with Crippen molar-refractivity contribution >= 4 is 0 Å². The number of likely N-dealkylation sites (tertiary alicyclic amines) is 1. The van der Waals surface area contributed by atoms with Crippen LogP contribution in [0.4, 0.5) is 0 Å². The van der Waals surface area contributed by atoms with Crippen molar-refractivity contribution in [2.75, 3.05) is 13.1 Å². The van der Waals surface area contributed by atoms with Crippen LogP contribution in [0.3, 0.4) is 0 Å². The Morgan fingerprint density at radius 3 is 2.91 bits per heavy atom. The molecule has 1 aliphatic heterocycles. The lowest BCUT2D eigenvalue weighted by Crippen LogP contribution is -2.34.